The van der Waals surface area contributed by atoms with Crippen molar-refractivity contribution in [3.8, 4) is 0 Å². The van der Waals surface area contributed by atoms with E-state index in [0.29, 0.717) is 31.9 Å². The quantitative estimate of drug-likeness (QED) is 0.864. The molecule has 0 atom stereocenters. The fraction of sp³-hybridized carbons (Fsp3) is 0.300. The van der Waals surface area contributed by atoms with Gasteiger partial charge in [0.15, 0.2) is 0 Å². The number of anilines is 2. The van der Waals surface area contributed by atoms with Crippen molar-refractivity contribution in [1.29, 1.82) is 0 Å². The number of carbonyl (C=O) groups is 2. The van der Waals surface area contributed by atoms with E-state index in [1.165, 1.54) is 5.56 Å². The van der Waals surface area contributed by atoms with Crippen molar-refractivity contribution in [2.24, 2.45) is 0 Å². The van der Waals surface area contributed by atoms with Crippen molar-refractivity contribution in [3.63, 3.8) is 0 Å². The lowest BCUT2D eigenvalue weighted by Crippen LogP contribution is -2.34. The molecule has 6 heteroatoms. The van der Waals surface area contributed by atoms with Crippen LogP contribution in [0.1, 0.15) is 18.1 Å². The number of nitrogens with zero attached hydrogens (tertiary/aromatic N) is 2. The van der Waals surface area contributed by atoms with Crippen molar-refractivity contribution >= 4 is 23.4 Å². The van der Waals surface area contributed by atoms with Crippen LogP contribution in [-0.4, -0.2) is 36.6 Å². The number of amides is 4. The van der Waals surface area contributed by atoms with E-state index in [9.17, 15) is 9.59 Å². The number of aryl methyl sites for hydroxylation is 1. The monoisotopic (exact) mass is 352 g/mol. The van der Waals surface area contributed by atoms with Crippen LogP contribution in [-0.2, 0) is 6.54 Å². The zero-order valence-electron chi connectivity index (χ0n) is 15.2. The van der Waals surface area contributed by atoms with Gasteiger partial charge in [0.2, 0.25) is 0 Å². The van der Waals surface area contributed by atoms with Crippen LogP contribution in [0.25, 0.3) is 0 Å². The highest BCUT2D eigenvalue weighted by molar-refractivity contribution is 5.95. The first-order chi connectivity index (χ1) is 12.6. The second-order valence-corrected chi connectivity index (χ2v) is 6.37. The molecule has 2 aromatic rings. The maximum atomic E-state index is 12.7. The Labute approximate surface area is 153 Å². The molecule has 0 spiro atoms. The molecule has 1 fully saturated rings. The van der Waals surface area contributed by atoms with Crippen LogP contribution in [0, 0.1) is 6.92 Å². The molecule has 0 bridgehead atoms. The Morgan fingerprint density at radius 3 is 2.73 bits per heavy atom. The van der Waals surface area contributed by atoms with E-state index in [1.807, 2.05) is 56.3 Å². The Bertz CT molecular complexity index is 806. The number of benzene rings is 2. The number of hydrogen-bond donors (Lipinski definition) is 2. The Kier molecular flexibility index (Phi) is 5.41. The summed E-state index contributed by atoms with van der Waals surface area (Å²) in [7, 11) is 0. The standard InChI is InChI=1S/C20H24N4O2/c1-3-23(14-16-7-4-6-15(2)12-16)20(26)22-17-8-5-9-18(13-17)24-11-10-21-19(24)25/h4-9,12-13H,3,10-11,14H2,1-2H3,(H,21,25)(H,22,26). The molecular formula is C20H24N4O2. The molecule has 3 rings (SSSR count). The van der Waals surface area contributed by atoms with Gasteiger partial charge in [-0.1, -0.05) is 35.9 Å². The van der Waals surface area contributed by atoms with Crippen LogP contribution in [0.4, 0.5) is 21.0 Å². The highest BCUT2D eigenvalue weighted by Crippen LogP contribution is 2.21. The van der Waals surface area contributed by atoms with Gasteiger partial charge in [0.05, 0.1) is 0 Å². The molecule has 6 nitrogen and oxygen atoms in total. The highest BCUT2D eigenvalue weighted by Gasteiger charge is 2.21. The molecule has 1 heterocycles. The maximum Gasteiger partial charge on any atom is 0.322 e. The van der Waals surface area contributed by atoms with Crippen LogP contribution in [0.15, 0.2) is 48.5 Å². The topological polar surface area (TPSA) is 64.7 Å². The molecule has 4 amide bonds. The first-order valence-electron chi connectivity index (χ1n) is 8.83. The van der Waals surface area contributed by atoms with Gasteiger partial charge in [-0.2, -0.15) is 0 Å². The van der Waals surface area contributed by atoms with E-state index in [0.717, 1.165) is 11.3 Å². The van der Waals surface area contributed by atoms with Gasteiger partial charge in [-0.15, -0.1) is 0 Å². The molecule has 1 aliphatic heterocycles. The second-order valence-electron chi connectivity index (χ2n) is 6.37. The van der Waals surface area contributed by atoms with E-state index in [2.05, 4.69) is 16.7 Å². The van der Waals surface area contributed by atoms with Crippen LogP contribution in [0.5, 0.6) is 0 Å². The molecular weight excluding hydrogens is 328 g/mol. The summed E-state index contributed by atoms with van der Waals surface area (Å²) in [6.07, 6.45) is 0. The molecule has 0 unspecified atom stereocenters. The molecule has 1 aliphatic rings. The number of carbonyl (C=O) groups excluding carboxylic acids is 2. The van der Waals surface area contributed by atoms with Crippen molar-refractivity contribution in [2.45, 2.75) is 20.4 Å². The van der Waals surface area contributed by atoms with Crippen LogP contribution in [0.3, 0.4) is 0 Å². The molecule has 0 aromatic heterocycles. The van der Waals surface area contributed by atoms with Crippen molar-refractivity contribution < 1.29 is 9.59 Å². The third kappa shape index (κ3) is 4.14. The van der Waals surface area contributed by atoms with Gasteiger partial charge < -0.3 is 15.5 Å². The SMILES string of the molecule is CCN(Cc1cccc(C)c1)C(=O)Nc1cccc(N2CCNC2=O)c1. The van der Waals surface area contributed by atoms with Gasteiger partial charge in [0.1, 0.15) is 0 Å². The minimum absolute atomic E-state index is 0.108. The lowest BCUT2D eigenvalue weighted by molar-refractivity contribution is 0.212. The Balaban J connectivity index is 1.69. The number of nitrogens with one attached hydrogen (secondary N) is 2. The summed E-state index contributed by atoms with van der Waals surface area (Å²) in [5.41, 5.74) is 3.73. The molecule has 136 valence electrons. The largest absolute Gasteiger partial charge is 0.336 e. The van der Waals surface area contributed by atoms with E-state index in [4.69, 9.17) is 0 Å². The summed E-state index contributed by atoms with van der Waals surface area (Å²) >= 11 is 0. The lowest BCUT2D eigenvalue weighted by Gasteiger charge is -2.22. The second kappa shape index (κ2) is 7.91. The normalized spacial score (nSPS) is 13.5. The molecule has 0 radical (unpaired) electrons. The third-order valence-electron chi connectivity index (χ3n) is 4.39. The first-order valence-corrected chi connectivity index (χ1v) is 8.83. The third-order valence-corrected chi connectivity index (χ3v) is 4.39. The zero-order chi connectivity index (χ0) is 18.5. The molecule has 0 aliphatic carbocycles. The van der Waals surface area contributed by atoms with Gasteiger partial charge in [0.25, 0.3) is 0 Å². The van der Waals surface area contributed by atoms with Crippen LogP contribution < -0.4 is 15.5 Å². The van der Waals surface area contributed by atoms with E-state index in [1.54, 1.807) is 9.80 Å². The van der Waals surface area contributed by atoms with Gasteiger partial charge >= 0.3 is 12.1 Å². The summed E-state index contributed by atoms with van der Waals surface area (Å²) in [6, 6.07) is 15.2. The van der Waals surface area contributed by atoms with Crippen LogP contribution in [0.2, 0.25) is 0 Å². The summed E-state index contributed by atoms with van der Waals surface area (Å²) in [4.78, 5) is 27.9. The average molecular weight is 352 g/mol. The zero-order valence-corrected chi connectivity index (χ0v) is 15.2. The first kappa shape index (κ1) is 17.8. The predicted octanol–water partition coefficient (Wildman–Crippen LogP) is 3.58. The summed E-state index contributed by atoms with van der Waals surface area (Å²) in [5.74, 6) is 0. The smallest absolute Gasteiger partial charge is 0.322 e. The lowest BCUT2D eigenvalue weighted by atomic mass is 10.1. The summed E-state index contributed by atoms with van der Waals surface area (Å²) < 4.78 is 0. The maximum absolute atomic E-state index is 12.7. The summed E-state index contributed by atoms with van der Waals surface area (Å²) in [5, 5.41) is 5.71. The Morgan fingerprint density at radius 2 is 2.04 bits per heavy atom. The van der Waals surface area contributed by atoms with Gasteiger partial charge in [0, 0.05) is 37.6 Å². The van der Waals surface area contributed by atoms with E-state index < -0.39 is 0 Å². The Hall–Kier alpha value is -3.02. The highest BCUT2D eigenvalue weighted by atomic mass is 16.2. The molecule has 0 saturated carbocycles. The molecule has 26 heavy (non-hydrogen) atoms. The van der Waals surface area contributed by atoms with Crippen LogP contribution >= 0.6 is 0 Å². The number of hydrogen-bond acceptors (Lipinski definition) is 2. The molecule has 2 aromatic carbocycles. The number of rotatable bonds is 5. The average Bonchev–Trinajstić information content (AvgIpc) is 3.06. The fourth-order valence-corrected chi connectivity index (χ4v) is 3.03. The van der Waals surface area contributed by atoms with Crippen molar-refractivity contribution in [1.82, 2.24) is 10.2 Å². The predicted molar refractivity (Wildman–Crippen MR) is 103 cm³/mol. The van der Waals surface area contributed by atoms with E-state index in [-0.39, 0.29) is 12.1 Å². The Morgan fingerprint density at radius 1 is 1.23 bits per heavy atom. The van der Waals surface area contributed by atoms with Crippen molar-refractivity contribution in [2.75, 3.05) is 29.9 Å². The van der Waals surface area contributed by atoms with Crippen molar-refractivity contribution in [3.05, 3.63) is 59.7 Å². The fourth-order valence-electron chi connectivity index (χ4n) is 3.03. The molecule has 1 saturated heterocycles. The minimum atomic E-state index is -0.156. The molecule has 2 N–H and O–H groups in total. The summed E-state index contributed by atoms with van der Waals surface area (Å²) in [6.45, 7) is 6.42. The number of urea groups is 2. The van der Waals surface area contributed by atoms with Gasteiger partial charge in [-0.25, -0.2) is 9.59 Å². The van der Waals surface area contributed by atoms with Gasteiger partial charge in [-0.05, 0) is 37.6 Å². The van der Waals surface area contributed by atoms with E-state index >= 15 is 0 Å². The van der Waals surface area contributed by atoms with Gasteiger partial charge in [-0.3, -0.25) is 4.90 Å². The minimum Gasteiger partial charge on any atom is -0.336 e.